The maximum absolute atomic E-state index is 11.8. The average Bonchev–Trinajstić information content (AvgIpc) is 2.46. The lowest BCUT2D eigenvalue weighted by Gasteiger charge is -2.36. The standard InChI is InChI=1S/C14H21N3O2/c1-3-12-14(19)15-7-8-17(12)10-5-6-11(16-9-10)13(18)4-2/h5-6,9,12-13,18H,3-4,7-8H2,1-2H3,(H,15,19)/t12?,13-/m1/s1. The first-order valence-corrected chi connectivity index (χ1v) is 6.85. The fourth-order valence-electron chi connectivity index (χ4n) is 2.40. The lowest BCUT2D eigenvalue weighted by molar-refractivity contribution is -0.123. The highest BCUT2D eigenvalue weighted by molar-refractivity contribution is 5.86. The molecule has 5 nitrogen and oxygen atoms in total. The van der Waals surface area contributed by atoms with Gasteiger partial charge in [0.2, 0.25) is 5.91 Å². The minimum atomic E-state index is -0.513. The Bertz CT molecular complexity index is 433. The lowest BCUT2D eigenvalue weighted by atomic mass is 10.1. The molecule has 2 atom stereocenters. The van der Waals surface area contributed by atoms with Gasteiger partial charge in [0, 0.05) is 13.1 Å². The van der Waals surface area contributed by atoms with Gasteiger partial charge in [-0.1, -0.05) is 13.8 Å². The minimum absolute atomic E-state index is 0.0754. The summed E-state index contributed by atoms with van der Waals surface area (Å²) < 4.78 is 0. The molecule has 0 spiro atoms. The van der Waals surface area contributed by atoms with E-state index >= 15 is 0 Å². The van der Waals surface area contributed by atoms with Crippen LogP contribution >= 0.6 is 0 Å². The zero-order valence-corrected chi connectivity index (χ0v) is 11.5. The first kappa shape index (κ1) is 13.8. The highest BCUT2D eigenvalue weighted by atomic mass is 16.3. The van der Waals surface area contributed by atoms with Crippen LogP contribution in [0.2, 0.25) is 0 Å². The topological polar surface area (TPSA) is 65.5 Å². The predicted octanol–water partition coefficient (Wildman–Crippen LogP) is 1.24. The van der Waals surface area contributed by atoms with E-state index in [2.05, 4.69) is 15.2 Å². The number of pyridine rings is 1. The number of carbonyl (C=O) groups excluding carboxylic acids is 1. The molecule has 1 aromatic heterocycles. The van der Waals surface area contributed by atoms with E-state index in [1.54, 1.807) is 6.20 Å². The summed E-state index contributed by atoms with van der Waals surface area (Å²) in [6.45, 7) is 5.38. The maximum Gasteiger partial charge on any atom is 0.242 e. The van der Waals surface area contributed by atoms with E-state index in [4.69, 9.17) is 0 Å². The molecule has 19 heavy (non-hydrogen) atoms. The van der Waals surface area contributed by atoms with Crippen molar-refractivity contribution >= 4 is 11.6 Å². The number of hydrogen-bond acceptors (Lipinski definition) is 4. The second-order valence-corrected chi connectivity index (χ2v) is 4.77. The molecule has 1 aliphatic heterocycles. The summed E-state index contributed by atoms with van der Waals surface area (Å²) in [7, 11) is 0. The van der Waals surface area contributed by atoms with Crippen LogP contribution in [0.4, 0.5) is 5.69 Å². The number of rotatable bonds is 4. The Balaban J connectivity index is 2.18. The van der Waals surface area contributed by atoms with Crippen molar-refractivity contribution in [2.24, 2.45) is 0 Å². The van der Waals surface area contributed by atoms with Gasteiger partial charge in [-0.3, -0.25) is 9.78 Å². The van der Waals surface area contributed by atoms with Crippen LogP contribution in [0, 0.1) is 0 Å². The third-order valence-corrected chi connectivity index (χ3v) is 3.55. The van der Waals surface area contributed by atoms with Gasteiger partial charge in [-0.25, -0.2) is 0 Å². The molecule has 2 rings (SSSR count). The molecule has 1 fully saturated rings. The van der Waals surface area contributed by atoms with E-state index in [0.29, 0.717) is 18.7 Å². The number of piperazine rings is 1. The Hall–Kier alpha value is -1.62. The predicted molar refractivity (Wildman–Crippen MR) is 73.9 cm³/mol. The zero-order chi connectivity index (χ0) is 13.8. The number of aliphatic hydroxyl groups is 1. The molecule has 0 aliphatic carbocycles. The smallest absolute Gasteiger partial charge is 0.242 e. The van der Waals surface area contributed by atoms with Crippen LogP contribution in [0.25, 0.3) is 0 Å². The normalized spacial score (nSPS) is 21.1. The first-order chi connectivity index (χ1) is 9.17. The first-order valence-electron chi connectivity index (χ1n) is 6.85. The molecule has 1 amide bonds. The van der Waals surface area contributed by atoms with E-state index in [-0.39, 0.29) is 11.9 Å². The largest absolute Gasteiger partial charge is 0.387 e. The molecule has 0 radical (unpaired) electrons. The Morgan fingerprint density at radius 3 is 2.89 bits per heavy atom. The fourth-order valence-corrected chi connectivity index (χ4v) is 2.40. The molecule has 1 saturated heterocycles. The second kappa shape index (κ2) is 6.02. The van der Waals surface area contributed by atoms with Crippen LogP contribution in [-0.4, -0.2) is 35.1 Å². The number of amides is 1. The molecule has 104 valence electrons. The van der Waals surface area contributed by atoms with Crippen molar-refractivity contribution in [2.45, 2.75) is 38.8 Å². The minimum Gasteiger partial charge on any atom is -0.387 e. The molecule has 2 heterocycles. The fraction of sp³-hybridized carbons (Fsp3) is 0.571. The van der Waals surface area contributed by atoms with Crippen LogP contribution in [0.5, 0.6) is 0 Å². The van der Waals surface area contributed by atoms with E-state index in [1.165, 1.54) is 0 Å². The van der Waals surface area contributed by atoms with E-state index in [1.807, 2.05) is 26.0 Å². The monoisotopic (exact) mass is 263 g/mol. The number of aromatic nitrogens is 1. The summed E-state index contributed by atoms with van der Waals surface area (Å²) in [5.74, 6) is 0.0754. The summed E-state index contributed by atoms with van der Waals surface area (Å²) in [4.78, 5) is 18.2. The Kier molecular flexibility index (Phi) is 4.37. The third kappa shape index (κ3) is 2.87. The van der Waals surface area contributed by atoms with Crippen molar-refractivity contribution in [3.63, 3.8) is 0 Å². The van der Waals surface area contributed by atoms with Gasteiger partial charge in [0.1, 0.15) is 6.04 Å². The number of hydrogen-bond donors (Lipinski definition) is 2. The van der Waals surface area contributed by atoms with Crippen LogP contribution in [0.3, 0.4) is 0 Å². The van der Waals surface area contributed by atoms with Crippen molar-refractivity contribution in [3.05, 3.63) is 24.0 Å². The lowest BCUT2D eigenvalue weighted by Crippen LogP contribution is -2.55. The number of carbonyl (C=O) groups is 1. The molecular weight excluding hydrogens is 242 g/mol. The zero-order valence-electron chi connectivity index (χ0n) is 11.5. The summed E-state index contributed by atoms with van der Waals surface area (Å²) in [5, 5.41) is 12.6. The van der Waals surface area contributed by atoms with Gasteiger partial charge in [0.05, 0.1) is 23.7 Å². The van der Waals surface area contributed by atoms with Gasteiger partial charge >= 0.3 is 0 Å². The summed E-state index contributed by atoms with van der Waals surface area (Å²) >= 11 is 0. The highest BCUT2D eigenvalue weighted by Gasteiger charge is 2.28. The van der Waals surface area contributed by atoms with Gasteiger partial charge in [0.25, 0.3) is 0 Å². The van der Waals surface area contributed by atoms with Gasteiger partial charge in [-0.05, 0) is 25.0 Å². The molecule has 2 N–H and O–H groups in total. The third-order valence-electron chi connectivity index (χ3n) is 3.55. The molecule has 0 aromatic carbocycles. The van der Waals surface area contributed by atoms with Crippen LogP contribution in [0.1, 0.15) is 38.5 Å². The number of nitrogens with one attached hydrogen (secondary N) is 1. The molecule has 1 aromatic rings. The number of aliphatic hydroxyl groups excluding tert-OH is 1. The highest BCUT2D eigenvalue weighted by Crippen LogP contribution is 2.22. The Morgan fingerprint density at radius 1 is 1.53 bits per heavy atom. The second-order valence-electron chi connectivity index (χ2n) is 4.77. The van der Waals surface area contributed by atoms with Gasteiger partial charge < -0.3 is 15.3 Å². The maximum atomic E-state index is 11.8. The Morgan fingerprint density at radius 2 is 2.32 bits per heavy atom. The van der Waals surface area contributed by atoms with Crippen LogP contribution < -0.4 is 10.2 Å². The summed E-state index contributed by atoms with van der Waals surface area (Å²) in [6, 6.07) is 3.64. The average molecular weight is 263 g/mol. The summed E-state index contributed by atoms with van der Waals surface area (Å²) in [6.07, 6.45) is 2.65. The van der Waals surface area contributed by atoms with Gasteiger partial charge in [0.15, 0.2) is 0 Å². The van der Waals surface area contributed by atoms with Crippen molar-refractivity contribution in [2.75, 3.05) is 18.0 Å². The van der Waals surface area contributed by atoms with Gasteiger partial charge in [-0.15, -0.1) is 0 Å². The molecule has 1 aliphatic rings. The SMILES string of the molecule is CCC1C(=O)NCCN1c1ccc([C@H](O)CC)nc1. The van der Waals surface area contributed by atoms with Crippen LogP contribution in [0.15, 0.2) is 18.3 Å². The van der Waals surface area contributed by atoms with E-state index < -0.39 is 6.10 Å². The van der Waals surface area contributed by atoms with Crippen molar-refractivity contribution in [1.82, 2.24) is 10.3 Å². The van der Waals surface area contributed by atoms with E-state index in [9.17, 15) is 9.90 Å². The molecular formula is C14H21N3O2. The van der Waals surface area contributed by atoms with Crippen molar-refractivity contribution in [1.29, 1.82) is 0 Å². The molecule has 0 bridgehead atoms. The number of anilines is 1. The Labute approximate surface area is 113 Å². The van der Waals surface area contributed by atoms with Gasteiger partial charge in [-0.2, -0.15) is 0 Å². The molecule has 5 heteroatoms. The van der Waals surface area contributed by atoms with Crippen molar-refractivity contribution in [3.8, 4) is 0 Å². The quantitative estimate of drug-likeness (QED) is 0.858. The van der Waals surface area contributed by atoms with Crippen LogP contribution in [-0.2, 0) is 4.79 Å². The van der Waals surface area contributed by atoms with E-state index in [0.717, 1.165) is 18.7 Å². The molecule has 0 saturated carbocycles. The number of nitrogens with zero attached hydrogens (tertiary/aromatic N) is 2. The summed E-state index contributed by atoms with van der Waals surface area (Å²) in [5.41, 5.74) is 1.62. The van der Waals surface area contributed by atoms with Crippen molar-refractivity contribution < 1.29 is 9.90 Å². The molecule has 1 unspecified atom stereocenters.